The average Bonchev–Trinajstić information content (AvgIpc) is 3.12. The van der Waals surface area contributed by atoms with Gasteiger partial charge in [0.05, 0.1) is 36.4 Å². The molecule has 0 atom stereocenters. The number of carbonyl (C=O) groups is 1. The minimum atomic E-state index is -0.199. The van der Waals surface area contributed by atoms with Gasteiger partial charge in [0, 0.05) is 32.0 Å². The summed E-state index contributed by atoms with van der Waals surface area (Å²) in [5.41, 5.74) is 5.45. The van der Waals surface area contributed by atoms with Gasteiger partial charge in [0.2, 0.25) is 0 Å². The zero-order chi connectivity index (χ0) is 21.8. The van der Waals surface area contributed by atoms with Crippen LogP contribution in [0.2, 0.25) is 0 Å². The first kappa shape index (κ1) is 21.1. The number of aliphatic hydroxyl groups excluding tert-OH is 1. The largest absolute Gasteiger partial charge is 0.395 e. The molecular formula is C23H27N5O3. The second-order valence-corrected chi connectivity index (χ2v) is 7.51. The lowest BCUT2D eigenvalue weighted by Crippen LogP contribution is -2.33. The number of aliphatic hydroxyl groups is 1. The number of ether oxygens (including phenoxy) is 1. The third kappa shape index (κ3) is 4.08. The van der Waals surface area contributed by atoms with Gasteiger partial charge in [-0.3, -0.25) is 4.79 Å². The molecule has 2 heterocycles. The first-order chi connectivity index (χ1) is 15.2. The zero-order valence-corrected chi connectivity index (χ0v) is 17.9. The molecule has 2 aromatic heterocycles. The Morgan fingerprint density at radius 1 is 1.23 bits per heavy atom. The van der Waals surface area contributed by atoms with E-state index in [4.69, 9.17) is 9.72 Å². The summed E-state index contributed by atoms with van der Waals surface area (Å²) in [6.45, 7) is 2.72. The first-order valence-electron chi connectivity index (χ1n) is 10.6. The Bertz CT molecular complexity index is 1080. The van der Waals surface area contributed by atoms with E-state index in [9.17, 15) is 9.90 Å². The van der Waals surface area contributed by atoms with E-state index in [0.717, 1.165) is 36.1 Å². The van der Waals surface area contributed by atoms with Crippen LogP contribution in [0.3, 0.4) is 0 Å². The maximum atomic E-state index is 13.0. The molecule has 0 saturated heterocycles. The summed E-state index contributed by atoms with van der Waals surface area (Å²) in [7, 11) is 1.57. The minimum Gasteiger partial charge on any atom is -0.395 e. The van der Waals surface area contributed by atoms with Gasteiger partial charge in [0.1, 0.15) is 0 Å². The molecule has 8 heteroatoms. The molecular weight excluding hydrogens is 394 g/mol. The third-order valence-corrected chi connectivity index (χ3v) is 5.63. The molecule has 8 nitrogen and oxygen atoms in total. The van der Waals surface area contributed by atoms with Gasteiger partial charge in [0.25, 0.3) is 11.9 Å². The van der Waals surface area contributed by atoms with E-state index in [2.05, 4.69) is 28.3 Å². The van der Waals surface area contributed by atoms with E-state index in [0.29, 0.717) is 23.8 Å². The van der Waals surface area contributed by atoms with Crippen molar-refractivity contribution in [2.24, 2.45) is 0 Å². The lowest BCUT2D eigenvalue weighted by Gasteiger charge is -2.19. The van der Waals surface area contributed by atoms with E-state index in [-0.39, 0.29) is 25.7 Å². The van der Waals surface area contributed by atoms with Crippen molar-refractivity contribution in [1.29, 1.82) is 0 Å². The average molecular weight is 422 g/mol. The van der Waals surface area contributed by atoms with Crippen LogP contribution in [0.1, 0.15) is 40.5 Å². The second-order valence-electron chi connectivity index (χ2n) is 7.51. The molecule has 4 rings (SSSR count). The molecule has 3 aromatic rings. The molecule has 1 amide bonds. The van der Waals surface area contributed by atoms with Crippen molar-refractivity contribution in [2.75, 3.05) is 26.8 Å². The predicted molar refractivity (Wildman–Crippen MR) is 116 cm³/mol. The van der Waals surface area contributed by atoms with Gasteiger partial charge in [-0.25, -0.2) is 9.97 Å². The fourth-order valence-electron chi connectivity index (χ4n) is 4.05. The van der Waals surface area contributed by atoms with Gasteiger partial charge in [-0.2, -0.15) is 9.78 Å². The smallest absolute Gasteiger partial charge is 0.257 e. The number of rotatable bonds is 7. The minimum absolute atomic E-state index is 0.0966. The van der Waals surface area contributed by atoms with Crippen molar-refractivity contribution in [3.05, 3.63) is 59.0 Å². The highest BCUT2D eigenvalue weighted by molar-refractivity contribution is 5.95. The lowest BCUT2D eigenvalue weighted by molar-refractivity contribution is 0.0727. The first-order valence-corrected chi connectivity index (χ1v) is 10.6. The summed E-state index contributed by atoms with van der Waals surface area (Å²) in [4.78, 5) is 24.0. The third-order valence-electron chi connectivity index (χ3n) is 5.63. The molecule has 0 unspecified atom stereocenters. The second kappa shape index (κ2) is 9.36. The molecule has 0 saturated carbocycles. The Balaban J connectivity index is 1.79. The highest BCUT2D eigenvalue weighted by atomic mass is 16.5. The van der Waals surface area contributed by atoms with E-state index < -0.39 is 0 Å². The molecule has 1 N–H and O–H groups in total. The Morgan fingerprint density at radius 2 is 2.03 bits per heavy atom. The van der Waals surface area contributed by atoms with Crippen molar-refractivity contribution in [3.8, 4) is 17.2 Å². The van der Waals surface area contributed by atoms with Crippen LogP contribution in [0, 0.1) is 0 Å². The quantitative estimate of drug-likeness (QED) is 0.630. The van der Waals surface area contributed by atoms with Crippen molar-refractivity contribution in [2.45, 2.75) is 32.8 Å². The van der Waals surface area contributed by atoms with Crippen molar-refractivity contribution in [3.63, 3.8) is 0 Å². The number of aromatic nitrogens is 4. The maximum absolute atomic E-state index is 13.0. The normalized spacial score (nSPS) is 12.7. The van der Waals surface area contributed by atoms with Crippen LogP contribution in [0.25, 0.3) is 17.2 Å². The van der Waals surface area contributed by atoms with Gasteiger partial charge >= 0.3 is 0 Å². The standard InChI is InChI=1S/C23H27N5O3/c1-3-27(11-12-29)22(30)19-14-25-28(20(19)15-31-2)23-24-13-17-9-6-8-16-7-4-5-10-18(16)21(17)26-23/h4-5,7,10,13-14,29H,3,6,8-9,11-12,15H2,1-2H3. The molecule has 0 bridgehead atoms. The van der Waals surface area contributed by atoms with Crippen molar-refractivity contribution >= 4 is 5.91 Å². The number of amides is 1. The molecule has 0 fully saturated rings. The molecule has 1 aliphatic rings. The lowest BCUT2D eigenvalue weighted by atomic mass is 10.0. The molecule has 0 spiro atoms. The number of aryl methyl sites for hydroxylation is 2. The van der Waals surface area contributed by atoms with Gasteiger partial charge in [-0.15, -0.1) is 0 Å². The van der Waals surface area contributed by atoms with Gasteiger partial charge in [-0.1, -0.05) is 24.3 Å². The maximum Gasteiger partial charge on any atom is 0.257 e. The SMILES string of the molecule is CCN(CCO)C(=O)c1cnn(-c2ncc3c(n2)-c2ccccc2CCC3)c1COC. The van der Waals surface area contributed by atoms with Crippen molar-refractivity contribution < 1.29 is 14.6 Å². The number of fused-ring (bicyclic) bond motifs is 3. The van der Waals surface area contributed by atoms with E-state index in [1.807, 2.05) is 19.2 Å². The van der Waals surface area contributed by atoms with Crippen molar-refractivity contribution in [1.82, 2.24) is 24.6 Å². The Kier molecular flexibility index (Phi) is 6.39. The molecule has 31 heavy (non-hydrogen) atoms. The molecule has 162 valence electrons. The van der Waals surface area contributed by atoms with Gasteiger partial charge in [-0.05, 0) is 37.3 Å². The van der Waals surface area contributed by atoms with Crippen LogP contribution in [-0.4, -0.2) is 62.5 Å². The van der Waals surface area contributed by atoms with Crippen LogP contribution >= 0.6 is 0 Å². The van der Waals surface area contributed by atoms with E-state index >= 15 is 0 Å². The fraction of sp³-hybridized carbons (Fsp3) is 0.391. The highest BCUT2D eigenvalue weighted by Crippen LogP contribution is 2.31. The van der Waals surface area contributed by atoms with Gasteiger partial charge < -0.3 is 14.7 Å². The summed E-state index contributed by atoms with van der Waals surface area (Å²) < 4.78 is 6.95. The molecule has 0 radical (unpaired) electrons. The Labute approximate surface area is 181 Å². The predicted octanol–water partition coefficient (Wildman–Crippen LogP) is 2.42. The number of nitrogens with zero attached hydrogens (tertiary/aromatic N) is 5. The van der Waals surface area contributed by atoms with Crippen LogP contribution in [0.5, 0.6) is 0 Å². The number of carbonyl (C=O) groups excluding carboxylic acids is 1. The number of hydrogen-bond acceptors (Lipinski definition) is 6. The summed E-state index contributed by atoms with van der Waals surface area (Å²) in [6, 6.07) is 8.32. The zero-order valence-electron chi connectivity index (χ0n) is 17.9. The Morgan fingerprint density at radius 3 is 2.81 bits per heavy atom. The van der Waals surface area contributed by atoms with Crippen LogP contribution in [0.15, 0.2) is 36.7 Å². The highest BCUT2D eigenvalue weighted by Gasteiger charge is 2.24. The number of methoxy groups -OCH3 is 1. The monoisotopic (exact) mass is 421 g/mol. The molecule has 0 aliphatic heterocycles. The fourth-order valence-corrected chi connectivity index (χ4v) is 4.05. The Hall–Kier alpha value is -3.10. The molecule has 1 aromatic carbocycles. The topological polar surface area (TPSA) is 93.4 Å². The number of hydrogen-bond donors (Lipinski definition) is 1. The van der Waals surface area contributed by atoms with Crippen LogP contribution in [-0.2, 0) is 24.2 Å². The summed E-state index contributed by atoms with van der Waals surface area (Å²) in [5, 5.41) is 13.7. The van der Waals surface area contributed by atoms with Crippen LogP contribution < -0.4 is 0 Å². The molecule has 1 aliphatic carbocycles. The van der Waals surface area contributed by atoms with Gasteiger partial charge in [0.15, 0.2) is 0 Å². The summed E-state index contributed by atoms with van der Waals surface area (Å²) >= 11 is 0. The number of likely N-dealkylation sites (N-methyl/N-ethyl adjacent to an activating group) is 1. The van der Waals surface area contributed by atoms with E-state index in [1.54, 1.807) is 16.7 Å². The summed E-state index contributed by atoms with van der Waals surface area (Å²) in [5.74, 6) is 0.210. The number of benzene rings is 1. The summed E-state index contributed by atoms with van der Waals surface area (Å²) in [6.07, 6.45) is 6.38. The van der Waals surface area contributed by atoms with E-state index in [1.165, 1.54) is 11.8 Å². The van der Waals surface area contributed by atoms with Crippen LogP contribution in [0.4, 0.5) is 0 Å².